The van der Waals surface area contributed by atoms with Crippen LogP contribution in [0.5, 0.6) is 0 Å². The lowest BCUT2D eigenvalue weighted by atomic mass is 9.94. The lowest BCUT2D eigenvalue weighted by molar-refractivity contribution is -0.163. The highest BCUT2D eigenvalue weighted by atomic mass is 32.2. The Morgan fingerprint density at radius 2 is 2.22 bits per heavy atom. The van der Waals surface area contributed by atoms with E-state index in [9.17, 15) is 10.2 Å². The third-order valence-electron chi connectivity index (χ3n) is 3.38. The van der Waals surface area contributed by atoms with Crippen molar-refractivity contribution in [1.82, 2.24) is 10.6 Å². The van der Waals surface area contributed by atoms with Crippen molar-refractivity contribution < 1.29 is 14.9 Å². The molecule has 0 aromatic carbocycles. The average Bonchev–Trinajstić information content (AvgIpc) is 2.77. The summed E-state index contributed by atoms with van der Waals surface area (Å²) >= 11 is 1.46. The second-order valence-electron chi connectivity index (χ2n) is 4.61. The predicted molar refractivity (Wildman–Crippen MR) is 71.7 cm³/mol. The number of thioether (sulfide) groups is 1. The van der Waals surface area contributed by atoms with E-state index in [4.69, 9.17) is 4.74 Å². The van der Waals surface area contributed by atoms with Crippen molar-refractivity contribution in [2.75, 3.05) is 13.6 Å². The maximum absolute atomic E-state index is 10.2. The highest BCUT2D eigenvalue weighted by Gasteiger charge is 2.50. The number of aliphatic imine (C=N–C) groups is 1. The Kier molecular flexibility index (Phi) is 4.50. The first-order chi connectivity index (χ1) is 8.58. The molecule has 7 heteroatoms. The zero-order chi connectivity index (χ0) is 13.3. The van der Waals surface area contributed by atoms with Gasteiger partial charge in [0.15, 0.2) is 5.17 Å². The largest absolute Gasteiger partial charge is 0.388 e. The van der Waals surface area contributed by atoms with Crippen LogP contribution in [0.3, 0.4) is 0 Å². The Bertz CT molecular complexity index is 329. The van der Waals surface area contributed by atoms with Crippen molar-refractivity contribution in [2.45, 2.75) is 49.7 Å². The van der Waals surface area contributed by atoms with E-state index < -0.39 is 18.3 Å². The molecule has 0 aromatic rings. The van der Waals surface area contributed by atoms with Gasteiger partial charge in [0.2, 0.25) is 0 Å². The molecule has 2 aliphatic heterocycles. The van der Waals surface area contributed by atoms with Crippen LogP contribution in [-0.2, 0) is 4.74 Å². The number of hydrogen-bond donors (Lipinski definition) is 4. The lowest BCUT2D eigenvalue weighted by Gasteiger charge is -2.41. The number of hydrogen-bond acceptors (Lipinski definition) is 6. The number of aliphatic hydroxyl groups excluding tert-OH is 2. The molecule has 0 aliphatic carbocycles. The van der Waals surface area contributed by atoms with Gasteiger partial charge in [0.05, 0.1) is 6.04 Å². The highest BCUT2D eigenvalue weighted by molar-refractivity contribution is 8.14. The molecule has 2 rings (SSSR count). The Morgan fingerprint density at radius 1 is 1.50 bits per heavy atom. The van der Waals surface area contributed by atoms with E-state index in [0.717, 1.165) is 11.7 Å². The molecule has 0 amide bonds. The normalized spacial score (nSPS) is 43.6. The molecule has 6 atom stereocenters. The molecule has 0 spiro atoms. The summed E-state index contributed by atoms with van der Waals surface area (Å²) < 4.78 is 5.89. The zero-order valence-corrected chi connectivity index (χ0v) is 11.6. The predicted octanol–water partition coefficient (Wildman–Crippen LogP) is -0.878. The van der Waals surface area contributed by atoms with Gasteiger partial charge < -0.3 is 25.6 Å². The van der Waals surface area contributed by atoms with Gasteiger partial charge in [-0.05, 0) is 13.5 Å². The number of fused-ring (bicyclic) bond motifs is 1. The van der Waals surface area contributed by atoms with Gasteiger partial charge in [0, 0.05) is 13.1 Å². The smallest absolute Gasteiger partial charge is 0.159 e. The van der Waals surface area contributed by atoms with Crippen molar-refractivity contribution in [3.8, 4) is 0 Å². The van der Waals surface area contributed by atoms with Crippen LogP contribution >= 0.6 is 11.8 Å². The van der Waals surface area contributed by atoms with Gasteiger partial charge >= 0.3 is 0 Å². The van der Waals surface area contributed by atoms with Gasteiger partial charge in [-0.3, -0.25) is 4.99 Å². The highest BCUT2D eigenvalue weighted by Crippen LogP contribution is 2.34. The Hall–Kier alpha value is -0.340. The molecule has 4 N–H and O–H groups in total. The standard InChI is InChI=1S/C11H21N3O3S/c1-4-13-5(2)9-8(16)7(15)6-10(17-9)18-11(12-3)14-6/h5-10,13,15-16H,4H2,1-3H3,(H,12,14)/t5-,6-,7-,8+,9?,10-/m1/s1. The van der Waals surface area contributed by atoms with Crippen LogP contribution in [0.2, 0.25) is 0 Å². The van der Waals surface area contributed by atoms with Crippen LogP contribution in [0.15, 0.2) is 4.99 Å². The molecular weight excluding hydrogens is 254 g/mol. The summed E-state index contributed by atoms with van der Waals surface area (Å²) in [6.07, 6.45) is -2.15. The Morgan fingerprint density at radius 3 is 2.83 bits per heavy atom. The van der Waals surface area contributed by atoms with Crippen molar-refractivity contribution in [2.24, 2.45) is 4.99 Å². The number of likely N-dealkylation sites (N-methyl/N-ethyl adjacent to an activating group) is 1. The summed E-state index contributed by atoms with van der Waals surface area (Å²) in [6, 6.07) is -0.308. The van der Waals surface area contributed by atoms with Gasteiger partial charge in [-0.1, -0.05) is 18.7 Å². The summed E-state index contributed by atoms with van der Waals surface area (Å²) in [4.78, 5) is 4.06. The maximum Gasteiger partial charge on any atom is 0.159 e. The van der Waals surface area contributed by atoms with E-state index in [1.807, 2.05) is 13.8 Å². The van der Waals surface area contributed by atoms with E-state index in [-0.39, 0.29) is 17.5 Å². The maximum atomic E-state index is 10.2. The molecule has 6 nitrogen and oxygen atoms in total. The summed E-state index contributed by atoms with van der Waals surface area (Å²) in [5, 5.41) is 27.3. The molecule has 18 heavy (non-hydrogen) atoms. The van der Waals surface area contributed by atoms with Crippen LogP contribution in [0.4, 0.5) is 0 Å². The monoisotopic (exact) mass is 275 g/mol. The van der Waals surface area contributed by atoms with Gasteiger partial charge in [-0.2, -0.15) is 0 Å². The third-order valence-corrected chi connectivity index (χ3v) is 4.54. The fraction of sp³-hybridized carbons (Fsp3) is 0.909. The van der Waals surface area contributed by atoms with Crippen LogP contribution in [0, 0.1) is 0 Å². The number of nitrogens with zero attached hydrogens (tertiary/aromatic N) is 1. The first-order valence-electron chi connectivity index (χ1n) is 6.23. The van der Waals surface area contributed by atoms with Gasteiger partial charge in [-0.25, -0.2) is 0 Å². The second-order valence-corrected chi connectivity index (χ2v) is 5.70. The number of aliphatic hydroxyl groups is 2. The molecule has 0 saturated carbocycles. The zero-order valence-electron chi connectivity index (χ0n) is 10.8. The van der Waals surface area contributed by atoms with Crippen molar-refractivity contribution >= 4 is 16.9 Å². The van der Waals surface area contributed by atoms with E-state index in [1.165, 1.54) is 11.8 Å². The molecule has 2 aliphatic rings. The van der Waals surface area contributed by atoms with Gasteiger partial charge in [0.25, 0.3) is 0 Å². The topological polar surface area (TPSA) is 86.1 Å². The minimum Gasteiger partial charge on any atom is -0.388 e. The molecule has 2 fully saturated rings. The van der Waals surface area contributed by atoms with E-state index in [2.05, 4.69) is 15.6 Å². The number of nitrogens with one attached hydrogen (secondary N) is 2. The number of ether oxygens (including phenoxy) is 1. The molecule has 0 radical (unpaired) electrons. The van der Waals surface area contributed by atoms with Crippen LogP contribution < -0.4 is 10.6 Å². The van der Waals surface area contributed by atoms with Crippen molar-refractivity contribution in [3.05, 3.63) is 0 Å². The van der Waals surface area contributed by atoms with Crippen molar-refractivity contribution in [3.63, 3.8) is 0 Å². The molecule has 0 bridgehead atoms. The average molecular weight is 275 g/mol. The molecule has 104 valence electrons. The van der Waals surface area contributed by atoms with Crippen LogP contribution in [0.25, 0.3) is 0 Å². The summed E-state index contributed by atoms with van der Waals surface area (Å²) in [5.74, 6) is 0. The number of amidine groups is 1. The Balaban J connectivity index is 2.09. The van der Waals surface area contributed by atoms with Crippen molar-refractivity contribution in [1.29, 1.82) is 0 Å². The molecule has 2 saturated heterocycles. The van der Waals surface area contributed by atoms with Gasteiger partial charge in [0.1, 0.15) is 23.7 Å². The summed E-state index contributed by atoms with van der Waals surface area (Å²) in [6.45, 7) is 4.75. The molecular formula is C11H21N3O3S. The van der Waals surface area contributed by atoms with E-state index in [0.29, 0.717) is 0 Å². The number of rotatable bonds is 3. The fourth-order valence-corrected chi connectivity index (χ4v) is 3.49. The Labute approximate surface area is 111 Å². The molecule has 1 unspecified atom stereocenters. The SMILES string of the molecule is CCN[C@H](C)C1O[C@@H]2SC(=NC)N[C@@H]2[C@@H](O)[C@@H]1O. The minimum atomic E-state index is -0.899. The van der Waals surface area contributed by atoms with E-state index in [1.54, 1.807) is 7.05 Å². The van der Waals surface area contributed by atoms with Crippen LogP contribution in [-0.4, -0.2) is 64.8 Å². The minimum absolute atomic E-state index is 0.0104. The quantitative estimate of drug-likeness (QED) is 0.535. The molecule has 0 aromatic heterocycles. The molecule has 2 heterocycles. The first-order valence-corrected chi connectivity index (χ1v) is 7.11. The van der Waals surface area contributed by atoms with E-state index >= 15 is 0 Å². The summed E-state index contributed by atoms with van der Waals surface area (Å²) in [7, 11) is 1.69. The second kappa shape index (κ2) is 5.75. The summed E-state index contributed by atoms with van der Waals surface area (Å²) in [5.41, 5.74) is -0.201. The van der Waals surface area contributed by atoms with Gasteiger partial charge in [-0.15, -0.1) is 0 Å². The lowest BCUT2D eigenvalue weighted by Crippen LogP contribution is -2.62. The first kappa shape index (κ1) is 14.1. The third kappa shape index (κ3) is 2.50. The van der Waals surface area contributed by atoms with Crippen LogP contribution in [0.1, 0.15) is 13.8 Å². The fourth-order valence-electron chi connectivity index (χ4n) is 2.40.